The molecule has 3 aromatic rings. The van der Waals surface area contributed by atoms with Crippen LogP contribution in [0.5, 0.6) is 5.75 Å². The van der Waals surface area contributed by atoms with Crippen LogP contribution in [0.2, 0.25) is 0 Å². The first kappa shape index (κ1) is 20.5. The van der Waals surface area contributed by atoms with Gasteiger partial charge in [0.1, 0.15) is 29.1 Å². The molecule has 1 unspecified atom stereocenters. The molecule has 0 radical (unpaired) electrons. The van der Waals surface area contributed by atoms with E-state index < -0.39 is 17.7 Å². The molecule has 2 heterocycles. The lowest BCUT2D eigenvalue weighted by molar-refractivity contribution is -0.132. The molecule has 31 heavy (non-hydrogen) atoms. The minimum absolute atomic E-state index is 0.0397. The van der Waals surface area contributed by atoms with Gasteiger partial charge in [0.25, 0.3) is 11.7 Å². The summed E-state index contributed by atoms with van der Waals surface area (Å²) in [5.41, 5.74) is 2.90. The van der Waals surface area contributed by atoms with Crippen LogP contribution in [0.1, 0.15) is 34.3 Å². The van der Waals surface area contributed by atoms with E-state index in [0.29, 0.717) is 28.5 Å². The Balaban J connectivity index is 1.97. The number of anilines is 1. The molecule has 0 aliphatic carbocycles. The van der Waals surface area contributed by atoms with Crippen LogP contribution < -0.4 is 9.64 Å². The molecule has 1 N–H and O–H groups in total. The van der Waals surface area contributed by atoms with E-state index in [4.69, 9.17) is 9.15 Å². The van der Waals surface area contributed by atoms with Crippen LogP contribution in [0.3, 0.4) is 0 Å². The van der Waals surface area contributed by atoms with Crippen molar-refractivity contribution in [1.82, 2.24) is 0 Å². The molecule has 1 saturated heterocycles. The number of benzene rings is 2. The van der Waals surface area contributed by atoms with Crippen LogP contribution in [0.25, 0.3) is 5.76 Å². The maximum Gasteiger partial charge on any atom is 0.300 e. The normalized spacial score (nSPS) is 17.9. The average Bonchev–Trinajstić information content (AvgIpc) is 3.30. The van der Waals surface area contributed by atoms with Crippen molar-refractivity contribution in [2.24, 2.45) is 0 Å². The Labute approximate surface area is 180 Å². The van der Waals surface area contributed by atoms with Crippen LogP contribution in [-0.2, 0) is 9.59 Å². The largest absolute Gasteiger partial charge is 0.507 e. The summed E-state index contributed by atoms with van der Waals surface area (Å²) < 4.78 is 11.2. The fourth-order valence-electron chi connectivity index (χ4n) is 3.83. The number of ether oxygens (including phenoxy) is 1. The van der Waals surface area contributed by atoms with E-state index in [1.807, 2.05) is 26.0 Å². The van der Waals surface area contributed by atoms with Gasteiger partial charge in [0.15, 0.2) is 0 Å². The monoisotopic (exact) mass is 417 g/mol. The number of para-hydroxylation sites is 1. The summed E-state index contributed by atoms with van der Waals surface area (Å²) in [5, 5.41) is 11.2. The molecule has 0 saturated carbocycles. The molecule has 158 valence electrons. The zero-order valence-electron chi connectivity index (χ0n) is 17.8. The highest BCUT2D eigenvalue weighted by Crippen LogP contribution is 2.43. The number of nitrogens with zero attached hydrogens (tertiary/aromatic N) is 1. The lowest BCUT2D eigenvalue weighted by Gasteiger charge is -2.24. The van der Waals surface area contributed by atoms with Gasteiger partial charge in [0, 0.05) is 5.69 Å². The van der Waals surface area contributed by atoms with Crippen molar-refractivity contribution in [2.75, 3.05) is 12.0 Å². The Morgan fingerprint density at radius 3 is 2.39 bits per heavy atom. The molecular weight excluding hydrogens is 394 g/mol. The van der Waals surface area contributed by atoms with Crippen molar-refractivity contribution in [2.45, 2.75) is 26.8 Å². The first-order valence-electron chi connectivity index (χ1n) is 9.91. The van der Waals surface area contributed by atoms with E-state index >= 15 is 0 Å². The third-order valence-corrected chi connectivity index (χ3v) is 5.61. The van der Waals surface area contributed by atoms with Crippen LogP contribution >= 0.6 is 0 Å². The molecule has 6 heteroatoms. The second-order valence-corrected chi connectivity index (χ2v) is 7.59. The third-order valence-electron chi connectivity index (χ3n) is 5.61. The molecule has 1 amide bonds. The highest BCUT2D eigenvalue weighted by atomic mass is 16.5. The number of carbonyl (C=O) groups is 2. The SMILES string of the molecule is COc1ccccc1/C(O)=C1/C(=O)C(=O)N(c2ccc(C)c(C)c2)C1c1ccc(C)o1. The first-order valence-corrected chi connectivity index (χ1v) is 9.91. The number of furan rings is 1. The molecular formula is C25H23NO5. The Bertz CT molecular complexity index is 1220. The standard InChI is InChI=1S/C25H23NO5/c1-14-9-11-17(13-15(14)2)26-22(20-12-10-16(3)31-20)21(24(28)25(26)29)23(27)18-7-5-6-8-19(18)30-4/h5-13,22,27H,1-4H3/b23-21-. The Kier molecular flexibility index (Phi) is 5.15. The minimum Gasteiger partial charge on any atom is -0.507 e. The van der Waals surface area contributed by atoms with E-state index in [1.165, 1.54) is 12.0 Å². The van der Waals surface area contributed by atoms with Gasteiger partial charge in [0.05, 0.1) is 18.2 Å². The molecule has 1 atom stereocenters. The number of Topliss-reactive ketones (excluding diaryl/α,β-unsaturated/α-hetero) is 1. The third kappa shape index (κ3) is 3.40. The predicted molar refractivity (Wildman–Crippen MR) is 117 cm³/mol. The Morgan fingerprint density at radius 2 is 1.74 bits per heavy atom. The lowest BCUT2D eigenvalue weighted by atomic mass is 9.98. The fourth-order valence-corrected chi connectivity index (χ4v) is 3.83. The van der Waals surface area contributed by atoms with E-state index in [2.05, 4.69) is 0 Å². The number of aryl methyl sites for hydroxylation is 3. The summed E-state index contributed by atoms with van der Waals surface area (Å²) in [6.45, 7) is 5.70. The lowest BCUT2D eigenvalue weighted by Crippen LogP contribution is -2.29. The summed E-state index contributed by atoms with van der Waals surface area (Å²) in [4.78, 5) is 27.7. The molecule has 1 aromatic heterocycles. The van der Waals surface area contributed by atoms with Gasteiger partial charge in [-0.3, -0.25) is 14.5 Å². The summed E-state index contributed by atoms with van der Waals surface area (Å²) in [6, 6.07) is 14.9. The number of hydrogen-bond acceptors (Lipinski definition) is 5. The molecule has 0 spiro atoms. The second kappa shape index (κ2) is 7.80. The van der Waals surface area contributed by atoms with Crippen molar-refractivity contribution in [3.63, 3.8) is 0 Å². The number of rotatable bonds is 4. The van der Waals surface area contributed by atoms with E-state index in [1.54, 1.807) is 49.4 Å². The summed E-state index contributed by atoms with van der Waals surface area (Å²) in [7, 11) is 1.48. The molecule has 0 bridgehead atoms. The van der Waals surface area contributed by atoms with Gasteiger partial charge in [-0.25, -0.2) is 0 Å². The molecule has 6 nitrogen and oxygen atoms in total. The fraction of sp³-hybridized carbons (Fsp3) is 0.200. The average molecular weight is 417 g/mol. The predicted octanol–water partition coefficient (Wildman–Crippen LogP) is 4.84. The van der Waals surface area contributed by atoms with Gasteiger partial charge >= 0.3 is 0 Å². The summed E-state index contributed by atoms with van der Waals surface area (Å²) >= 11 is 0. The van der Waals surface area contributed by atoms with Gasteiger partial charge in [-0.2, -0.15) is 0 Å². The number of carbonyl (C=O) groups excluding carboxylic acids is 2. The van der Waals surface area contributed by atoms with E-state index in [9.17, 15) is 14.7 Å². The van der Waals surface area contributed by atoms with Crippen molar-refractivity contribution < 1.29 is 23.8 Å². The Morgan fingerprint density at radius 1 is 1.00 bits per heavy atom. The minimum atomic E-state index is -0.902. The van der Waals surface area contributed by atoms with Gasteiger partial charge in [-0.1, -0.05) is 18.2 Å². The van der Waals surface area contributed by atoms with Crippen LogP contribution in [0.4, 0.5) is 5.69 Å². The van der Waals surface area contributed by atoms with Crippen molar-refractivity contribution >= 4 is 23.1 Å². The molecule has 1 aliphatic heterocycles. The number of ketones is 1. The molecule has 4 rings (SSSR count). The number of methoxy groups -OCH3 is 1. The first-order chi connectivity index (χ1) is 14.8. The van der Waals surface area contributed by atoms with E-state index in [-0.39, 0.29) is 11.3 Å². The molecule has 1 aliphatic rings. The van der Waals surface area contributed by atoms with Crippen molar-refractivity contribution in [3.8, 4) is 5.75 Å². The van der Waals surface area contributed by atoms with Gasteiger partial charge in [-0.05, 0) is 68.3 Å². The summed E-state index contributed by atoms with van der Waals surface area (Å²) in [5.74, 6) is -0.378. The highest BCUT2D eigenvalue weighted by molar-refractivity contribution is 6.51. The van der Waals surface area contributed by atoms with Crippen LogP contribution in [0, 0.1) is 20.8 Å². The van der Waals surface area contributed by atoms with E-state index in [0.717, 1.165) is 11.1 Å². The zero-order chi connectivity index (χ0) is 22.3. The highest BCUT2D eigenvalue weighted by Gasteiger charge is 2.48. The topological polar surface area (TPSA) is 80.0 Å². The second-order valence-electron chi connectivity index (χ2n) is 7.59. The van der Waals surface area contributed by atoms with Crippen LogP contribution in [0.15, 0.2) is 64.6 Å². The van der Waals surface area contributed by atoms with Gasteiger partial charge in [0.2, 0.25) is 0 Å². The quantitative estimate of drug-likeness (QED) is 0.373. The van der Waals surface area contributed by atoms with Gasteiger partial charge in [-0.15, -0.1) is 0 Å². The van der Waals surface area contributed by atoms with Crippen LogP contribution in [-0.4, -0.2) is 23.9 Å². The maximum atomic E-state index is 13.2. The summed E-state index contributed by atoms with van der Waals surface area (Å²) in [6.07, 6.45) is 0. The smallest absolute Gasteiger partial charge is 0.300 e. The zero-order valence-corrected chi connectivity index (χ0v) is 17.8. The maximum absolute atomic E-state index is 13.2. The molecule has 2 aromatic carbocycles. The number of amides is 1. The van der Waals surface area contributed by atoms with Crippen molar-refractivity contribution in [1.29, 1.82) is 0 Å². The number of aliphatic hydroxyl groups is 1. The number of hydrogen-bond donors (Lipinski definition) is 1. The van der Waals surface area contributed by atoms with Gasteiger partial charge < -0.3 is 14.3 Å². The Hall–Kier alpha value is -3.80. The number of aliphatic hydroxyl groups excluding tert-OH is 1. The molecule has 1 fully saturated rings. The van der Waals surface area contributed by atoms with Crippen molar-refractivity contribution in [3.05, 3.63) is 88.4 Å².